The monoisotopic (exact) mass is 347 g/mol. The van der Waals surface area contributed by atoms with Crippen LogP contribution in [0.3, 0.4) is 0 Å². The van der Waals surface area contributed by atoms with Gasteiger partial charge in [0.2, 0.25) is 0 Å². The number of pyridine rings is 1. The summed E-state index contributed by atoms with van der Waals surface area (Å²) in [6.45, 7) is 6.51. The van der Waals surface area contributed by atoms with Crippen molar-refractivity contribution in [3.8, 4) is 0 Å². The van der Waals surface area contributed by atoms with Gasteiger partial charge in [-0.15, -0.1) is 0 Å². The Balaban J connectivity index is 1.70. The van der Waals surface area contributed by atoms with Crippen LogP contribution in [0.4, 0.5) is 5.82 Å². The lowest BCUT2D eigenvalue weighted by molar-refractivity contribution is 0.0746. The minimum atomic E-state index is -0.396. The number of rotatable bonds is 2. The molecule has 1 fully saturated rings. The number of hydrogen-bond donors (Lipinski definition) is 1. The van der Waals surface area contributed by atoms with Crippen LogP contribution in [-0.4, -0.2) is 51.9 Å². The molecule has 1 amide bonds. The summed E-state index contributed by atoms with van der Waals surface area (Å²) >= 11 is 5.80. The lowest BCUT2D eigenvalue weighted by Crippen LogP contribution is -2.49. The number of amides is 1. The van der Waals surface area contributed by atoms with Crippen molar-refractivity contribution in [1.82, 2.24) is 19.9 Å². The van der Waals surface area contributed by atoms with Gasteiger partial charge in [0.25, 0.3) is 11.5 Å². The normalized spacial score (nSPS) is 14.8. The van der Waals surface area contributed by atoms with Crippen LogP contribution in [0.5, 0.6) is 0 Å². The summed E-state index contributed by atoms with van der Waals surface area (Å²) in [6.07, 6.45) is 2.97. The number of anilines is 1. The lowest BCUT2D eigenvalue weighted by atomic mass is 10.2. The van der Waals surface area contributed by atoms with E-state index in [1.165, 1.54) is 12.3 Å². The molecule has 7 nitrogen and oxygen atoms in total. The van der Waals surface area contributed by atoms with Crippen molar-refractivity contribution in [2.24, 2.45) is 0 Å². The van der Waals surface area contributed by atoms with Gasteiger partial charge in [0.1, 0.15) is 17.2 Å². The molecule has 0 spiro atoms. The second-order valence-electron chi connectivity index (χ2n) is 5.75. The van der Waals surface area contributed by atoms with Crippen LogP contribution >= 0.6 is 11.6 Å². The predicted octanol–water partition coefficient (Wildman–Crippen LogP) is 1.40. The molecule has 2 aromatic heterocycles. The summed E-state index contributed by atoms with van der Waals surface area (Å²) in [7, 11) is 0. The Morgan fingerprint density at radius 1 is 1.21 bits per heavy atom. The number of piperazine rings is 1. The highest BCUT2D eigenvalue weighted by atomic mass is 35.5. The third kappa shape index (κ3) is 3.12. The summed E-state index contributed by atoms with van der Waals surface area (Å²) in [6, 6.07) is 1.41. The number of halogens is 1. The van der Waals surface area contributed by atoms with Gasteiger partial charge < -0.3 is 14.8 Å². The fourth-order valence-corrected chi connectivity index (χ4v) is 2.90. The van der Waals surface area contributed by atoms with Gasteiger partial charge in [0.15, 0.2) is 0 Å². The maximum Gasteiger partial charge on any atom is 0.266 e. The molecule has 126 valence electrons. The molecule has 0 aliphatic carbocycles. The Morgan fingerprint density at radius 3 is 2.58 bits per heavy atom. The number of aryl methyl sites for hydroxylation is 1. The number of nitrogens with zero attached hydrogens (tertiary/aromatic N) is 4. The summed E-state index contributed by atoms with van der Waals surface area (Å²) in [5, 5.41) is 0.0200. The van der Waals surface area contributed by atoms with E-state index in [4.69, 9.17) is 11.6 Å². The van der Waals surface area contributed by atoms with Crippen molar-refractivity contribution < 1.29 is 4.79 Å². The van der Waals surface area contributed by atoms with Crippen LogP contribution in [-0.2, 0) is 0 Å². The van der Waals surface area contributed by atoms with Gasteiger partial charge in [-0.2, -0.15) is 0 Å². The Bertz CT molecular complexity index is 827. The van der Waals surface area contributed by atoms with Gasteiger partial charge in [-0.25, -0.2) is 9.97 Å². The second-order valence-corrected chi connectivity index (χ2v) is 6.16. The molecule has 0 atom stereocenters. The first-order valence-corrected chi connectivity index (χ1v) is 8.06. The van der Waals surface area contributed by atoms with Gasteiger partial charge in [0, 0.05) is 43.6 Å². The molecule has 1 N–H and O–H groups in total. The van der Waals surface area contributed by atoms with Gasteiger partial charge >= 0.3 is 0 Å². The summed E-state index contributed by atoms with van der Waals surface area (Å²) in [5.74, 6) is 0.782. The Kier molecular flexibility index (Phi) is 4.53. The Labute approximate surface area is 144 Å². The molecule has 3 heterocycles. The maximum atomic E-state index is 12.5. The minimum absolute atomic E-state index is 0.0200. The number of nitrogens with one attached hydrogen (secondary N) is 1. The van der Waals surface area contributed by atoms with Crippen LogP contribution < -0.4 is 10.5 Å². The average molecular weight is 348 g/mol. The maximum absolute atomic E-state index is 12.5. The molecular weight excluding hydrogens is 330 g/mol. The lowest BCUT2D eigenvalue weighted by Gasteiger charge is -2.36. The molecule has 0 bridgehead atoms. The van der Waals surface area contributed by atoms with Crippen molar-refractivity contribution >= 4 is 23.3 Å². The predicted molar refractivity (Wildman–Crippen MR) is 91.7 cm³/mol. The standard InChI is InChI=1S/C16H18ClN5O2/c1-10-11(2)19-9-20-14(10)21-3-5-22(6-4-21)16(24)12-7-13(17)15(23)18-8-12/h7-9H,3-6H2,1-2H3,(H,18,23). The highest BCUT2D eigenvalue weighted by molar-refractivity contribution is 6.30. The number of aromatic amines is 1. The van der Waals surface area contributed by atoms with Crippen molar-refractivity contribution in [2.75, 3.05) is 31.1 Å². The third-order valence-corrected chi connectivity index (χ3v) is 4.56. The van der Waals surface area contributed by atoms with E-state index in [9.17, 15) is 9.59 Å². The molecule has 0 aromatic carbocycles. The number of carbonyl (C=O) groups is 1. The number of aromatic nitrogens is 3. The van der Waals surface area contributed by atoms with E-state index in [1.54, 1.807) is 11.2 Å². The summed E-state index contributed by atoms with van der Waals surface area (Å²) in [4.78, 5) is 38.8. The molecule has 24 heavy (non-hydrogen) atoms. The number of H-pyrrole nitrogens is 1. The van der Waals surface area contributed by atoms with E-state index in [0.717, 1.165) is 17.1 Å². The molecule has 1 aliphatic rings. The van der Waals surface area contributed by atoms with Crippen LogP contribution in [0.1, 0.15) is 21.6 Å². The number of carbonyl (C=O) groups excluding carboxylic acids is 1. The van der Waals surface area contributed by atoms with Gasteiger partial charge in [-0.3, -0.25) is 9.59 Å². The van der Waals surface area contributed by atoms with E-state index >= 15 is 0 Å². The summed E-state index contributed by atoms with van der Waals surface area (Å²) in [5.41, 5.74) is 2.01. The SMILES string of the molecule is Cc1ncnc(N2CCN(C(=O)c3c[nH]c(=O)c(Cl)c3)CC2)c1C. The van der Waals surface area contributed by atoms with Crippen LogP contribution in [0.25, 0.3) is 0 Å². The average Bonchev–Trinajstić information content (AvgIpc) is 2.59. The highest BCUT2D eigenvalue weighted by Crippen LogP contribution is 2.20. The zero-order valence-electron chi connectivity index (χ0n) is 13.5. The first-order valence-electron chi connectivity index (χ1n) is 7.68. The first kappa shape index (κ1) is 16.4. The van der Waals surface area contributed by atoms with Crippen LogP contribution in [0.2, 0.25) is 5.02 Å². The zero-order valence-corrected chi connectivity index (χ0v) is 14.3. The zero-order chi connectivity index (χ0) is 17.3. The van der Waals surface area contributed by atoms with Gasteiger partial charge in [0.05, 0.1) is 5.56 Å². The van der Waals surface area contributed by atoms with Crippen molar-refractivity contribution in [1.29, 1.82) is 0 Å². The van der Waals surface area contributed by atoms with Gasteiger partial charge in [-0.1, -0.05) is 11.6 Å². The van der Waals surface area contributed by atoms with Crippen molar-refractivity contribution in [2.45, 2.75) is 13.8 Å². The Hall–Kier alpha value is -2.41. The van der Waals surface area contributed by atoms with E-state index in [0.29, 0.717) is 31.7 Å². The first-order chi connectivity index (χ1) is 11.5. The van der Waals surface area contributed by atoms with Crippen LogP contribution in [0.15, 0.2) is 23.4 Å². The van der Waals surface area contributed by atoms with E-state index in [-0.39, 0.29) is 10.9 Å². The van der Waals surface area contributed by atoms with Crippen molar-refractivity contribution in [3.63, 3.8) is 0 Å². The molecule has 3 rings (SSSR count). The second kappa shape index (κ2) is 6.60. The third-order valence-electron chi connectivity index (χ3n) is 4.28. The molecule has 0 saturated carbocycles. The fourth-order valence-electron chi connectivity index (χ4n) is 2.73. The molecule has 0 unspecified atom stereocenters. The molecule has 1 aliphatic heterocycles. The van der Waals surface area contributed by atoms with E-state index < -0.39 is 5.56 Å². The molecule has 1 saturated heterocycles. The molecular formula is C16H18ClN5O2. The molecule has 2 aromatic rings. The minimum Gasteiger partial charge on any atom is -0.353 e. The molecule has 0 radical (unpaired) electrons. The largest absolute Gasteiger partial charge is 0.353 e. The Morgan fingerprint density at radius 2 is 1.92 bits per heavy atom. The van der Waals surface area contributed by atoms with Crippen molar-refractivity contribution in [3.05, 3.63) is 50.8 Å². The smallest absolute Gasteiger partial charge is 0.266 e. The molecule has 8 heteroatoms. The fraction of sp³-hybridized carbons (Fsp3) is 0.375. The topological polar surface area (TPSA) is 82.2 Å². The highest BCUT2D eigenvalue weighted by Gasteiger charge is 2.24. The van der Waals surface area contributed by atoms with E-state index in [2.05, 4.69) is 19.9 Å². The summed E-state index contributed by atoms with van der Waals surface area (Å²) < 4.78 is 0. The van der Waals surface area contributed by atoms with Crippen LogP contribution in [0, 0.1) is 13.8 Å². The quantitative estimate of drug-likeness (QED) is 0.888. The van der Waals surface area contributed by atoms with E-state index in [1.807, 2.05) is 13.8 Å². The number of hydrogen-bond acceptors (Lipinski definition) is 5. The van der Waals surface area contributed by atoms with Gasteiger partial charge in [-0.05, 0) is 19.9 Å².